The third kappa shape index (κ3) is 38.0. The average molecular weight is 2140 g/mol. The minimum absolute atomic E-state index is 0. The Morgan fingerprint density at radius 3 is 1.23 bits per heavy atom. The van der Waals surface area contributed by atoms with Crippen LogP contribution < -0.4 is 74.8 Å². The van der Waals surface area contributed by atoms with Gasteiger partial charge >= 0.3 is 16.6 Å². The zero-order valence-electron chi connectivity index (χ0n) is 70.4. The van der Waals surface area contributed by atoms with Gasteiger partial charge in [0.25, 0.3) is 11.1 Å². The summed E-state index contributed by atoms with van der Waals surface area (Å²) in [6, 6.07) is 3.42. The summed E-state index contributed by atoms with van der Waals surface area (Å²) < 4.78 is 42.4. The van der Waals surface area contributed by atoms with Crippen molar-refractivity contribution in [3.8, 4) is 0 Å². The number of nitrogens with zero attached hydrogens (tertiary/aromatic N) is 26. The quantitative estimate of drug-likeness (QED) is 0.0235. The minimum Gasteiger partial charge on any atom is -0.384 e. The molecule has 0 bridgehead atoms. The van der Waals surface area contributed by atoms with Crippen LogP contribution in [0.5, 0.6) is 0 Å². The zero-order chi connectivity index (χ0) is 89.2. The number of hydrogen-bond acceptors (Lipinski definition) is 34. The Labute approximate surface area is 808 Å². The molecule has 10 aromatic heterocycles. The first-order valence-electron chi connectivity index (χ1n) is 38.9. The number of rotatable bonds is 12. The number of aryl methyl sites for hydroxylation is 5. The number of piperazine rings is 5. The first kappa shape index (κ1) is 112. The Bertz CT molecular complexity index is 5330. The first-order chi connectivity index (χ1) is 58.5. The largest absolute Gasteiger partial charge is 0.384 e. The van der Waals surface area contributed by atoms with Gasteiger partial charge in [-0.3, -0.25) is 38.2 Å². The van der Waals surface area contributed by atoms with Gasteiger partial charge in [-0.05, 0) is 183 Å². The van der Waals surface area contributed by atoms with E-state index in [0.717, 1.165) is 166 Å². The fourth-order valence-corrected chi connectivity index (χ4v) is 13.1. The van der Waals surface area contributed by atoms with Crippen LogP contribution in [0.25, 0.3) is 0 Å². The fraction of sp³-hybridized carbons (Fsp3) is 0.520. The number of pyridine rings is 2. The maximum Gasteiger partial charge on any atom is 0.339 e. The summed E-state index contributed by atoms with van der Waals surface area (Å²) in [6.07, 6.45) is 17.4. The molecule has 0 spiro atoms. The van der Waals surface area contributed by atoms with E-state index in [2.05, 4.69) is 226 Å². The first-order valence-corrected chi connectivity index (χ1v) is 45.3. The molecule has 128 heavy (non-hydrogen) atoms. The van der Waals surface area contributed by atoms with E-state index >= 15 is 0 Å². The van der Waals surface area contributed by atoms with Gasteiger partial charge < -0.3 is 86.8 Å². The van der Waals surface area contributed by atoms with E-state index in [-0.39, 0.29) is 98.5 Å². The number of H-pyrrole nitrogens is 4. The molecular formula is C75H115BrCl6F2IN36O5PV. The second-order valence-electron chi connectivity index (χ2n) is 29.4. The molecule has 15 heterocycles. The number of hydrogen-bond donors (Lipinski definition) is 10. The van der Waals surface area contributed by atoms with Gasteiger partial charge in [-0.15, -0.1) is 39.3 Å². The molecule has 41 nitrogen and oxygen atoms in total. The van der Waals surface area contributed by atoms with E-state index in [1.54, 1.807) is 84.3 Å². The maximum atomic E-state index is 14.5. The molecule has 5 aliphatic heterocycles. The number of nitrogen functional groups attached to an aromatic ring is 2. The van der Waals surface area contributed by atoms with Crippen molar-refractivity contribution < 1.29 is 31.9 Å². The molecular weight excluding hydrogens is 2020 g/mol. The third-order valence-corrected chi connectivity index (χ3v) is 20.6. The molecule has 12 N–H and O–H groups in total. The van der Waals surface area contributed by atoms with Gasteiger partial charge in [0.2, 0.25) is 16.5 Å². The second-order valence-corrected chi connectivity index (χ2v) is 38.0. The standard InChI is InChI=1S/C21H27FN10.C12H17ClN8.C9H12Cl2N4.C9H11FN2.C9H14N4O2.C5H12N2.C4H3BrN2O2.C3H6N4.3CH4.Cl3OP.HI.V/c1-13-19(22)15(14-4-5-14)10-17(24-13)26-21-23-11-16(32-8-6-30(2)7-9-32)20(27-21)25-18-12-31(3)29-28-18;1-19-3-5-21(6-4-19)9-7-14-12(13)16-11(9)15-10-8-20(2)18-17-10;1-14-2-4-15(5-3-14)7-6-12-9(11)13-8(7)10;1-5-9(10)7(6-2-3-6)4-8(11)12-5;1-12-2-4-13(5-3-12)7-6-10-9(15)11-8(7)14;1-7-4-2-6-3-5-7;5-2-1-6-4(9)7-3(2)8;1-7-2-3(4)5-6-7;;;;1-5(2,3)4;;/h10-12,14H,4-9H2,1-3H3,(H2,23,24,25,26,27);7-8H,3-6H2,1-2H3,(H,14,15,16);6H,2-5H2,1H3;4,6H,2-3H2,1H3,(H2,11,12);6H,2-5H2,1H3,(H2,10,11,14,15);6H,2-5H2,1H3;1H,(H2,6,7,8,9);2H,4H2,1H3;3*1H4;;1H;. The molecule has 7 fully saturated rings. The maximum absolute atomic E-state index is 14.5. The van der Waals surface area contributed by atoms with E-state index in [1.807, 2.05) is 24.0 Å². The molecule has 0 unspecified atom stereocenters. The summed E-state index contributed by atoms with van der Waals surface area (Å²) in [7, 11) is 15.9. The van der Waals surface area contributed by atoms with Crippen molar-refractivity contribution in [3.05, 3.63) is 158 Å². The number of aromatic amines is 4. The van der Waals surface area contributed by atoms with Gasteiger partial charge in [0.05, 0.1) is 70.1 Å². The summed E-state index contributed by atoms with van der Waals surface area (Å²) in [6.45, 7) is 23.1. The van der Waals surface area contributed by atoms with E-state index in [0.29, 0.717) is 84.9 Å². The van der Waals surface area contributed by atoms with Crippen molar-refractivity contribution >= 4 is 183 Å². The minimum atomic E-state index is -3.22. The predicted molar refractivity (Wildman–Crippen MR) is 518 cm³/mol. The van der Waals surface area contributed by atoms with Crippen LogP contribution in [0.2, 0.25) is 15.7 Å². The molecule has 2 aliphatic carbocycles. The van der Waals surface area contributed by atoms with Crippen molar-refractivity contribution in [2.24, 2.45) is 21.1 Å². The molecule has 10 aromatic rings. The monoisotopic (exact) mass is 2140 g/mol. The number of halogens is 10. The number of nitrogens with two attached hydrogens (primary N) is 2. The Morgan fingerprint density at radius 2 is 0.852 bits per heavy atom. The molecule has 53 heteroatoms. The van der Waals surface area contributed by atoms with Crippen LogP contribution in [0.15, 0.2) is 85.4 Å². The van der Waals surface area contributed by atoms with Crippen LogP contribution in [0.4, 0.5) is 78.2 Å². The Balaban J connectivity index is 0.000000317. The van der Waals surface area contributed by atoms with E-state index < -0.39 is 22.1 Å². The number of anilines is 12. The van der Waals surface area contributed by atoms with Gasteiger partial charge in [-0.25, -0.2) is 48.3 Å². The summed E-state index contributed by atoms with van der Waals surface area (Å²) in [5.74, 6) is 4.62. The third-order valence-electron chi connectivity index (χ3n) is 19.4. The zero-order valence-corrected chi connectivity index (χ0v) is 81.2. The van der Waals surface area contributed by atoms with Crippen LogP contribution in [-0.4, -0.2) is 295 Å². The number of aromatic nitrogens is 21. The molecule has 2 saturated carbocycles. The number of likely N-dealkylation sites (N-methyl/N-ethyl adjacent to an activating group) is 5. The topological polar surface area (TPSA) is 473 Å². The number of nitrogens with one attached hydrogen (secondary N) is 8. The van der Waals surface area contributed by atoms with Crippen molar-refractivity contribution in [3.63, 3.8) is 0 Å². The van der Waals surface area contributed by atoms with Crippen LogP contribution in [0.1, 0.15) is 82.3 Å². The van der Waals surface area contributed by atoms with E-state index in [9.17, 15) is 32.5 Å². The Hall–Kier alpha value is -8.10. The molecule has 0 amide bonds. The average Bonchev–Trinajstić information content (AvgIpc) is 1.68. The van der Waals surface area contributed by atoms with E-state index in [1.165, 1.54) is 25.5 Å². The van der Waals surface area contributed by atoms with Crippen LogP contribution in [-0.2, 0) is 44.3 Å². The van der Waals surface area contributed by atoms with Gasteiger partial charge in [0, 0.05) is 183 Å². The molecule has 7 aliphatic rings. The van der Waals surface area contributed by atoms with Gasteiger partial charge in [0.15, 0.2) is 34.2 Å². The van der Waals surface area contributed by atoms with Crippen LogP contribution >= 0.6 is 114 Å². The van der Waals surface area contributed by atoms with Gasteiger partial charge in [-0.2, -0.15) is 9.97 Å². The van der Waals surface area contributed by atoms with Crippen LogP contribution in [0, 0.1) is 25.5 Å². The van der Waals surface area contributed by atoms with Crippen molar-refractivity contribution in [1.82, 2.24) is 135 Å². The Morgan fingerprint density at radius 1 is 0.469 bits per heavy atom. The normalized spacial score (nSPS) is 15.7. The molecule has 17 rings (SSSR count). The van der Waals surface area contributed by atoms with E-state index in [4.69, 9.17) is 51.3 Å². The van der Waals surface area contributed by atoms with Gasteiger partial charge in [0.1, 0.15) is 29.0 Å². The van der Waals surface area contributed by atoms with Gasteiger partial charge in [-0.1, -0.05) is 49.5 Å². The smallest absolute Gasteiger partial charge is 0.339 e. The fourth-order valence-electron chi connectivity index (χ4n) is 12.3. The summed E-state index contributed by atoms with van der Waals surface area (Å²) in [4.78, 5) is 106. The molecule has 0 aromatic carbocycles. The summed E-state index contributed by atoms with van der Waals surface area (Å²) in [5.41, 5.74) is 14.5. The SMILES string of the molecule is C.C.C.CN1CCN(c2c[nH]c(=O)[nH]c2=O)CC1.CN1CCN(c2cnc(Cl)nc2Cl)CC1.CN1CCN(c2cnc(Cl)nc2Nc2cn(C)nn2)CC1.CN1CCNCC1.Cc1nc(N)cc(C2CC2)c1F.Cc1nc(Nc2ncc(N3CCN(C)CC3)c(Nc3cn(C)nn3)n2)cc(C2CC2)c1F.Cn1cc(N)nn1.I.O=P(Cl)(Cl)Cl.O=c1[nH]cc(Br)c(=O)[nH]1.[V]. The van der Waals surface area contributed by atoms with Crippen molar-refractivity contribution in [1.29, 1.82) is 0 Å². The van der Waals surface area contributed by atoms with Crippen molar-refractivity contribution in [2.45, 2.75) is 73.6 Å². The predicted octanol–water partition coefficient (Wildman–Crippen LogP) is 9.74. The van der Waals surface area contributed by atoms with Crippen LogP contribution in [0.3, 0.4) is 0 Å². The molecule has 705 valence electrons. The molecule has 1 radical (unpaired) electrons. The summed E-state index contributed by atoms with van der Waals surface area (Å²) in [5, 5.41) is 33.5. The molecule has 0 atom stereocenters. The Kier molecular flexibility index (Phi) is 47.9. The summed E-state index contributed by atoms with van der Waals surface area (Å²) >= 11 is 34.3. The second kappa shape index (κ2) is 54.7. The van der Waals surface area contributed by atoms with Crippen molar-refractivity contribution in [2.75, 3.05) is 213 Å². The molecule has 5 saturated heterocycles.